The number of halogens is 4. The first-order valence-corrected chi connectivity index (χ1v) is 7.60. The molecule has 0 saturated heterocycles. The van der Waals surface area contributed by atoms with E-state index in [9.17, 15) is 18.0 Å². The molecule has 0 radical (unpaired) electrons. The summed E-state index contributed by atoms with van der Waals surface area (Å²) in [5.41, 5.74) is 6.16. The highest BCUT2D eigenvalue weighted by atomic mass is 127. The molecule has 124 valence electrons. The van der Waals surface area contributed by atoms with E-state index in [1.165, 1.54) is 12.1 Å². The Balaban J connectivity index is 2.13. The van der Waals surface area contributed by atoms with Gasteiger partial charge in [-0.15, -0.1) is 0 Å². The lowest BCUT2D eigenvalue weighted by Crippen LogP contribution is -2.34. The molecule has 1 aromatic carbocycles. The van der Waals surface area contributed by atoms with Crippen molar-refractivity contribution in [2.75, 3.05) is 4.61 Å². The van der Waals surface area contributed by atoms with Crippen LogP contribution in [0, 0.1) is 0 Å². The molecule has 2 aromatic rings. The number of nitrogens with zero attached hydrogens (tertiary/aromatic N) is 3. The molecule has 0 atom stereocenters. The predicted octanol–water partition coefficient (Wildman–Crippen LogP) is 2.96. The summed E-state index contributed by atoms with van der Waals surface area (Å²) in [5.74, 6) is -1.59. The molecule has 0 unspecified atom stereocenters. The zero-order chi connectivity index (χ0) is 17.0. The molecule has 23 heavy (non-hydrogen) atoms. The summed E-state index contributed by atoms with van der Waals surface area (Å²) in [5, 5.41) is 4.25. The quantitative estimate of drug-likeness (QED) is 0.437. The van der Waals surface area contributed by atoms with Gasteiger partial charge in [-0.1, -0.05) is 52.0 Å². The second-order valence-corrected chi connectivity index (χ2v) is 4.85. The number of hydroxylamine groups is 2. The maximum atomic E-state index is 12.4. The molecule has 1 heterocycles. The second kappa shape index (κ2) is 7.12. The van der Waals surface area contributed by atoms with E-state index in [1.54, 1.807) is 12.1 Å². The monoisotopic (exact) mass is 442 g/mol. The Morgan fingerprint density at radius 1 is 1.35 bits per heavy atom. The number of amides is 2. The molecule has 0 spiro atoms. The van der Waals surface area contributed by atoms with E-state index in [-0.39, 0.29) is 17.0 Å². The maximum absolute atomic E-state index is 12.4. The molecule has 0 fully saturated rings. The van der Waals surface area contributed by atoms with Crippen molar-refractivity contribution in [2.24, 2.45) is 5.73 Å². The largest absolute Gasteiger partial charge is 0.471 e. The first-order valence-electron chi connectivity index (χ1n) is 6.07. The molecular weight excluding hydrogens is 432 g/mol. The molecule has 2 rings (SSSR count). The number of hydrogen-bond acceptors (Lipinski definition) is 5. The average molecular weight is 442 g/mol. The molecule has 1 aromatic heterocycles. The van der Waals surface area contributed by atoms with Gasteiger partial charge in [0, 0.05) is 5.56 Å². The zero-order valence-electron chi connectivity index (χ0n) is 11.4. The topological polar surface area (TPSA) is 94.5 Å². The maximum Gasteiger partial charge on any atom is 0.471 e. The van der Waals surface area contributed by atoms with Crippen molar-refractivity contribution in [1.29, 1.82) is 0 Å². The zero-order valence-corrected chi connectivity index (χ0v) is 13.5. The van der Waals surface area contributed by atoms with Gasteiger partial charge in [0.2, 0.25) is 5.82 Å². The van der Waals surface area contributed by atoms with Gasteiger partial charge in [0.25, 0.3) is 0 Å². The third-order valence-corrected chi connectivity index (χ3v) is 2.94. The second-order valence-electron chi connectivity index (χ2n) is 4.23. The van der Waals surface area contributed by atoms with Crippen LogP contribution in [0.15, 0.2) is 28.8 Å². The Labute approximate surface area is 141 Å². The first-order chi connectivity index (χ1) is 10.8. The molecule has 0 aliphatic rings. The van der Waals surface area contributed by atoms with Crippen LogP contribution in [0.1, 0.15) is 11.5 Å². The van der Waals surface area contributed by atoms with Gasteiger partial charge in [-0.05, 0) is 5.56 Å². The lowest BCUT2D eigenvalue weighted by atomic mass is 10.1. The van der Waals surface area contributed by atoms with Crippen molar-refractivity contribution in [3.05, 3.63) is 35.7 Å². The summed E-state index contributed by atoms with van der Waals surface area (Å²) in [7, 11) is 0. The average Bonchev–Trinajstić information content (AvgIpc) is 2.97. The van der Waals surface area contributed by atoms with E-state index in [0.717, 1.165) is 5.06 Å². The first kappa shape index (κ1) is 17.5. The summed E-state index contributed by atoms with van der Waals surface area (Å²) in [4.78, 5) is 19.5. The summed E-state index contributed by atoms with van der Waals surface area (Å²) in [6, 6.07) is 5.43. The van der Waals surface area contributed by atoms with Gasteiger partial charge < -0.3 is 10.3 Å². The molecule has 2 N–H and O–H groups in total. The highest BCUT2D eigenvalue weighted by Crippen LogP contribution is 2.29. The van der Waals surface area contributed by atoms with E-state index in [1.807, 2.05) is 22.6 Å². The van der Waals surface area contributed by atoms with Crippen LogP contribution in [0.4, 0.5) is 18.0 Å². The van der Waals surface area contributed by atoms with Crippen LogP contribution in [-0.2, 0) is 17.6 Å². The Hall–Kier alpha value is -1.89. The molecular formula is C12H10F3IN4O3. The van der Waals surface area contributed by atoms with E-state index in [0.29, 0.717) is 11.1 Å². The number of urea groups is 1. The number of alkyl halides is 4. The number of rotatable bonds is 5. The molecule has 2 amide bonds. The van der Waals surface area contributed by atoms with Crippen molar-refractivity contribution < 1.29 is 27.3 Å². The van der Waals surface area contributed by atoms with Gasteiger partial charge >= 0.3 is 18.1 Å². The number of aromatic nitrogens is 2. The van der Waals surface area contributed by atoms with Crippen LogP contribution in [-0.4, -0.2) is 25.8 Å². The third kappa shape index (κ3) is 4.54. The van der Waals surface area contributed by atoms with E-state index >= 15 is 0 Å². The molecule has 0 aliphatic carbocycles. The van der Waals surface area contributed by atoms with Crippen molar-refractivity contribution in [1.82, 2.24) is 15.2 Å². The number of carbonyl (C=O) groups is 1. The van der Waals surface area contributed by atoms with Crippen LogP contribution >= 0.6 is 22.6 Å². The van der Waals surface area contributed by atoms with Crippen LogP contribution in [0.5, 0.6) is 0 Å². The minimum absolute atomic E-state index is 0.0959. The van der Waals surface area contributed by atoms with Crippen LogP contribution in [0.25, 0.3) is 11.4 Å². The third-order valence-electron chi connectivity index (χ3n) is 2.66. The fraction of sp³-hybridized carbons (Fsp3) is 0.250. The van der Waals surface area contributed by atoms with Crippen LogP contribution in [0.3, 0.4) is 0 Å². The Morgan fingerprint density at radius 3 is 2.48 bits per heavy atom. The highest BCUT2D eigenvalue weighted by molar-refractivity contribution is 14.1. The molecule has 0 saturated carbocycles. The Bertz CT molecular complexity index is 675. The van der Waals surface area contributed by atoms with Crippen molar-refractivity contribution >= 4 is 28.6 Å². The lowest BCUT2D eigenvalue weighted by Gasteiger charge is -2.18. The van der Waals surface area contributed by atoms with Crippen LogP contribution < -0.4 is 5.73 Å². The van der Waals surface area contributed by atoms with Crippen molar-refractivity contribution in [3.63, 3.8) is 0 Å². The number of benzene rings is 1. The molecule has 0 bridgehead atoms. The van der Waals surface area contributed by atoms with Gasteiger partial charge in [0.1, 0.15) is 4.61 Å². The van der Waals surface area contributed by atoms with Gasteiger partial charge in [0.15, 0.2) is 0 Å². The standard InChI is InChI=1S/C12H10F3IN4O3/c13-12(14,15)10-18-9(19-23-10)8-3-1-7(2-4-8)5-20(11(17)21)22-6-16/h1-4H,5-6H2,(H2,17,21). The molecule has 11 heteroatoms. The number of hydrogen-bond donors (Lipinski definition) is 1. The van der Waals surface area contributed by atoms with E-state index in [2.05, 4.69) is 14.7 Å². The van der Waals surface area contributed by atoms with Gasteiger partial charge in [-0.25, -0.2) is 4.79 Å². The predicted molar refractivity (Wildman–Crippen MR) is 79.8 cm³/mol. The molecule has 0 aliphatic heterocycles. The number of nitrogens with two attached hydrogens (primary N) is 1. The number of primary amides is 1. The summed E-state index contributed by atoms with van der Waals surface area (Å²) < 4.78 is 41.6. The van der Waals surface area contributed by atoms with Gasteiger partial charge in [-0.3, -0.25) is 4.84 Å². The highest BCUT2D eigenvalue weighted by Gasteiger charge is 2.38. The lowest BCUT2D eigenvalue weighted by molar-refractivity contribution is -0.159. The van der Waals surface area contributed by atoms with Gasteiger partial charge in [-0.2, -0.15) is 23.2 Å². The van der Waals surface area contributed by atoms with Crippen molar-refractivity contribution in [2.45, 2.75) is 12.7 Å². The van der Waals surface area contributed by atoms with Gasteiger partial charge in [0.05, 0.1) is 6.54 Å². The smallest absolute Gasteiger partial charge is 0.350 e. The summed E-state index contributed by atoms with van der Waals surface area (Å²) in [6.45, 7) is 0.0959. The van der Waals surface area contributed by atoms with Crippen LogP contribution in [0.2, 0.25) is 0 Å². The number of carbonyl (C=O) groups excluding carboxylic acids is 1. The minimum Gasteiger partial charge on any atom is -0.350 e. The Morgan fingerprint density at radius 2 is 2.00 bits per heavy atom. The van der Waals surface area contributed by atoms with E-state index < -0.39 is 18.1 Å². The fourth-order valence-corrected chi connectivity index (χ4v) is 1.96. The van der Waals surface area contributed by atoms with Crippen molar-refractivity contribution in [3.8, 4) is 11.4 Å². The fourth-order valence-electron chi connectivity index (χ4n) is 1.63. The normalized spacial score (nSPS) is 11.5. The SMILES string of the molecule is NC(=O)N(Cc1ccc(-c2noc(C(F)(F)F)n2)cc1)OCI. The molecule has 7 nitrogen and oxygen atoms in total. The van der Waals surface area contributed by atoms with E-state index in [4.69, 9.17) is 10.6 Å². The Kier molecular flexibility index (Phi) is 5.41. The summed E-state index contributed by atoms with van der Waals surface area (Å²) in [6.07, 6.45) is -4.69. The minimum atomic E-state index is -4.69. The summed E-state index contributed by atoms with van der Waals surface area (Å²) >= 11 is 1.91.